The van der Waals surface area contributed by atoms with Gasteiger partial charge in [-0.15, -0.1) is 0 Å². The van der Waals surface area contributed by atoms with Crippen LogP contribution < -0.4 is 5.73 Å². The van der Waals surface area contributed by atoms with Crippen molar-refractivity contribution in [2.24, 2.45) is 11.7 Å². The Bertz CT molecular complexity index is 159. The van der Waals surface area contributed by atoms with E-state index in [-0.39, 0.29) is 0 Å². The van der Waals surface area contributed by atoms with Crippen LogP contribution in [0, 0.1) is 5.92 Å². The number of rotatable bonds is 9. The highest BCUT2D eigenvalue weighted by Crippen LogP contribution is 2.14. The monoisotopic (exact) mass is 229 g/mol. The predicted octanol–water partition coefficient (Wildman–Crippen LogP) is 1.63. The van der Waals surface area contributed by atoms with Gasteiger partial charge in [-0.3, -0.25) is 4.90 Å². The minimum Gasteiger partial charge on any atom is -0.329 e. The van der Waals surface area contributed by atoms with Gasteiger partial charge in [0.1, 0.15) is 0 Å². The van der Waals surface area contributed by atoms with Crippen LogP contribution in [0.3, 0.4) is 0 Å². The topological polar surface area (TPSA) is 32.5 Å². The second kappa shape index (κ2) is 8.97. The molecule has 0 heterocycles. The standard InChI is InChI=1S/C13H31N3/c1-6-8-16(10-9-15(4)5)13(11-14)12(3)7-2/h12-13H,6-11,14H2,1-5H3. The molecular weight excluding hydrogens is 198 g/mol. The minimum absolute atomic E-state index is 0.546. The van der Waals surface area contributed by atoms with Gasteiger partial charge in [0, 0.05) is 25.7 Å². The van der Waals surface area contributed by atoms with Crippen LogP contribution in [-0.2, 0) is 0 Å². The first-order valence-corrected chi connectivity index (χ1v) is 6.65. The third kappa shape index (κ3) is 5.83. The average Bonchev–Trinajstić information content (AvgIpc) is 2.26. The van der Waals surface area contributed by atoms with Crippen LogP contribution >= 0.6 is 0 Å². The molecule has 0 saturated carbocycles. The Morgan fingerprint density at radius 3 is 2.06 bits per heavy atom. The molecule has 0 aromatic carbocycles. The van der Waals surface area contributed by atoms with Gasteiger partial charge in [-0.2, -0.15) is 0 Å². The largest absolute Gasteiger partial charge is 0.329 e. The Morgan fingerprint density at radius 2 is 1.69 bits per heavy atom. The second-order valence-electron chi connectivity index (χ2n) is 5.03. The predicted molar refractivity (Wildman–Crippen MR) is 72.7 cm³/mol. The Kier molecular flexibility index (Phi) is 8.90. The fourth-order valence-electron chi connectivity index (χ4n) is 2.07. The lowest BCUT2D eigenvalue weighted by atomic mass is 9.97. The molecule has 0 radical (unpaired) electrons. The number of nitrogens with two attached hydrogens (primary N) is 1. The molecule has 0 bridgehead atoms. The highest BCUT2D eigenvalue weighted by Gasteiger charge is 2.21. The molecule has 0 aromatic rings. The number of hydrogen-bond acceptors (Lipinski definition) is 3. The van der Waals surface area contributed by atoms with Gasteiger partial charge in [0.2, 0.25) is 0 Å². The van der Waals surface area contributed by atoms with Gasteiger partial charge < -0.3 is 10.6 Å². The highest BCUT2D eigenvalue weighted by molar-refractivity contribution is 4.77. The summed E-state index contributed by atoms with van der Waals surface area (Å²) in [7, 11) is 4.26. The van der Waals surface area contributed by atoms with E-state index in [1.54, 1.807) is 0 Å². The molecule has 0 fully saturated rings. The van der Waals surface area contributed by atoms with E-state index in [0.717, 1.165) is 19.6 Å². The van der Waals surface area contributed by atoms with Crippen molar-refractivity contribution in [2.45, 2.75) is 39.7 Å². The summed E-state index contributed by atoms with van der Waals surface area (Å²) in [4.78, 5) is 4.81. The van der Waals surface area contributed by atoms with Crippen molar-refractivity contribution in [3.63, 3.8) is 0 Å². The van der Waals surface area contributed by atoms with Crippen LogP contribution in [0.25, 0.3) is 0 Å². The molecule has 0 saturated heterocycles. The zero-order valence-corrected chi connectivity index (χ0v) is 11.9. The summed E-state index contributed by atoms with van der Waals surface area (Å²) in [5.74, 6) is 0.693. The Morgan fingerprint density at radius 1 is 1.06 bits per heavy atom. The van der Waals surface area contributed by atoms with E-state index >= 15 is 0 Å². The van der Waals surface area contributed by atoms with Crippen molar-refractivity contribution in [1.29, 1.82) is 0 Å². The third-order valence-corrected chi connectivity index (χ3v) is 3.36. The van der Waals surface area contributed by atoms with Gasteiger partial charge in [0.05, 0.1) is 0 Å². The molecule has 0 aliphatic rings. The Labute approximate surface area is 102 Å². The maximum atomic E-state index is 5.93. The average molecular weight is 229 g/mol. The lowest BCUT2D eigenvalue weighted by Gasteiger charge is -2.35. The van der Waals surface area contributed by atoms with Crippen molar-refractivity contribution in [3.05, 3.63) is 0 Å². The van der Waals surface area contributed by atoms with E-state index in [1.807, 2.05) is 0 Å². The van der Waals surface area contributed by atoms with Crippen LogP contribution in [0.15, 0.2) is 0 Å². The van der Waals surface area contributed by atoms with Crippen LogP contribution in [0.4, 0.5) is 0 Å². The summed E-state index contributed by atoms with van der Waals surface area (Å²) in [5.41, 5.74) is 5.93. The first-order chi connectivity index (χ1) is 7.56. The van der Waals surface area contributed by atoms with Gasteiger partial charge in [0.25, 0.3) is 0 Å². The normalized spacial score (nSPS) is 15.8. The van der Waals surface area contributed by atoms with E-state index in [0.29, 0.717) is 12.0 Å². The number of hydrogen-bond donors (Lipinski definition) is 1. The molecule has 3 nitrogen and oxygen atoms in total. The lowest BCUT2D eigenvalue weighted by Crippen LogP contribution is -2.47. The Balaban J connectivity index is 4.33. The van der Waals surface area contributed by atoms with Crippen LogP contribution in [0.5, 0.6) is 0 Å². The summed E-state index contributed by atoms with van der Waals surface area (Å²) >= 11 is 0. The molecular formula is C13H31N3. The van der Waals surface area contributed by atoms with Crippen molar-refractivity contribution in [3.8, 4) is 0 Å². The summed E-state index contributed by atoms with van der Waals surface area (Å²) in [6.45, 7) is 11.0. The number of likely N-dealkylation sites (N-methyl/N-ethyl adjacent to an activating group) is 1. The zero-order chi connectivity index (χ0) is 12.6. The van der Waals surface area contributed by atoms with Crippen molar-refractivity contribution in [1.82, 2.24) is 9.80 Å². The molecule has 0 spiro atoms. The second-order valence-corrected chi connectivity index (χ2v) is 5.03. The van der Waals surface area contributed by atoms with E-state index in [2.05, 4.69) is 44.7 Å². The molecule has 0 aliphatic heterocycles. The summed E-state index contributed by atoms with van der Waals surface area (Å²) in [6, 6.07) is 0.546. The van der Waals surface area contributed by atoms with Crippen LogP contribution in [-0.4, -0.2) is 56.1 Å². The van der Waals surface area contributed by atoms with E-state index in [9.17, 15) is 0 Å². The quantitative estimate of drug-likeness (QED) is 0.652. The molecule has 2 atom stereocenters. The first kappa shape index (κ1) is 15.9. The molecule has 0 amide bonds. The van der Waals surface area contributed by atoms with Crippen molar-refractivity contribution < 1.29 is 0 Å². The van der Waals surface area contributed by atoms with E-state index < -0.39 is 0 Å². The smallest absolute Gasteiger partial charge is 0.0244 e. The Hall–Kier alpha value is -0.120. The van der Waals surface area contributed by atoms with Crippen LogP contribution in [0.1, 0.15) is 33.6 Å². The molecule has 0 aromatic heterocycles. The summed E-state index contributed by atoms with van der Waals surface area (Å²) in [6.07, 6.45) is 2.42. The van der Waals surface area contributed by atoms with Gasteiger partial charge in [0.15, 0.2) is 0 Å². The minimum atomic E-state index is 0.546. The third-order valence-electron chi connectivity index (χ3n) is 3.36. The van der Waals surface area contributed by atoms with Gasteiger partial charge in [-0.1, -0.05) is 27.2 Å². The van der Waals surface area contributed by atoms with E-state index in [1.165, 1.54) is 19.4 Å². The maximum Gasteiger partial charge on any atom is 0.0244 e. The van der Waals surface area contributed by atoms with Crippen molar-refractivity contribution in [2.75, 3.05) is 40.3 Å². The molecule has 0 aliphatic carbocycles. The fraction of sp³-hybridized carbons (Fsp3) is 1.00. The molecule has 2 N–H and O–H groups in total. The van der Waals surface area contributed by atoms with Gasteiger partial charge in [-0.25, -0.2) is 0 Å². The van der Waals surface area contributed by atoms with Crippen molar-refractivity contribution >= 4 is 0 Å². The van der Waals surface area contributed by atoms with Gasteiger partial charge >= 0.3 is 0 Å². The molecule has 0 rings (SSSR count). The molecule has 2 unspecified atom stereocenters. The molecule has 3 heteroatoms. The summed E-state index contributed by atoms with van der Waals surface area (Å²) < 4.78 is 0. The maximum absolute atomic E-state index is 5.93. The first-order valence-electron chi connectivity index (χ1n) is 6.65. The lowest BCUT2D eigenvalue weighted by molar-refractivity contribution is 0.138. The van der Waals surface area contributed by atoms with E-state index in [4.69, 9.17) is 5.73 Å². The fourth-order valence-corrected chi connectivity index (χ4v) is 2.07. The molecule has 98 valence electrons. The van der Waals surface area contributed by atoms with Gasteiger partial charge in [-0.05, 0) is 33.0 Å². The summed E-state index contributed by atoms with van der Waals surface area (Å²) in [5, 5.41) is 0. The molecule has 16 heavy (non-hydrogen) atoms. The number of nitrogens with zero attached hydrogens (tertiary/aromatic N) is 2. The van der Waals surface area contributed by atoms with Crippen LogP contribution in [0.2, 0.25) is 0 Å². The SMILES string of the molecule is CCCN(CCN(C)C)C(CN)C(C)CC. The highest BCUT2D eigenvalue weighted by atomic mass is 15.2. The zero-order valence-electron chi connectivity index (χ0n) is 11.9.